The van der Waals surface area contributed by atoms with Crippen LogP contribution in [0.3, 0.4) is 0 Å². The standard InChI is InChI=1S/C20H31NO5S2/c1-13-14(2)16(4)20(17(5)15(13)3)28(24,25)21(11-19-7-6-9-26-19)18-8-10-27(22,23)12-18/h18-19H,6-12H2,1-5H3/t18-,19+/m1/s1. The molecule has 3 rings (SSSR count). The first-order valence-electron chi connectivity index (χ1n) is 9.86. The van der Waals surface area contributed by atoms with Crippen LogP contribution >= 0.6 is 0 Å². The molecular formula is C20H31NO5S2. The van der Waals surface area contributed by atoms with Crippen molar-refractivity contribution >= 4 is 19.9 Å². The molecule has 1 aromatic carbocycles. The molecule has 2 heterocycles. The van der Waals surface area contributed by atoms with Gasteiger partial charge in [0.15, 0.2) is 9.84 Å². The first-order chi connectivity index (χ1) is 13.0. The number of benzene rings is 1. The van der Waals surface area contributed by atoms with Crippen LogP contribution in [0.15, 0.2) is 4.90 Å². The fourth-order valence-electron chi connectivity index (χ4n) is 4.40. The van der Waals surface area contributed by atoms with Gasteiger partial charge in [-0.05, 0) is 81.7 Å². The van der Waals surface area contributed by atoms with Crippen molar-refractivity contribution in [2.24, 2.45) is 0 Å². The Bertz CT molecular complexity index is 947. The maximum absolute atomic E-state index is 13.9. The van der Waals surface area contributed by atoms with Crippen LogP contribution in [0.4, 0.5) is 0 Å². The second-order valence-corrected chi connectivity index (χ2v) is 12.3. The van der Waals surface area contributed by atoms with Crippen LogP contribution in [0, 0.1) is 34.6 Å². The van der Waals surface area contributed by atoms with Crippen molar-refractivity contribution in [1.82, 2.24) is 4.31 Å². The van der Waals surface area contributed by atoms with E-state index in [0.717, 1.165) is 40.7 Å². The van der Waals surface area contributed by atoms with E-state index in [-0.39, 0.29) is 24.2 Å². The topological polar surface area (TPSA) is 80.8 Å². The molecule has 0 saturated carbocycles. The molecule has 0 unspecified atom stereocenters. The molecule has 2 fully saturated rings. The molecule has 2 aliphatic rings. The van der Waals surface area contributed by atoms with Gasteiger partial charge in [-0.2, -0.15) is 4.31 Å². The van der Waals surface area contributed by atoms with Gasteiger partial charge in [-0.15, -0.1) is 0 Å². The lowest BCUT2D eigenvalue weighted by Gasteiger charge is -2.31. The Balaban J connectivity index is 2.11. The zero-order chi connectivity index (χ0) is 20.9. The predicted octanol–water partition coefficient (Wildman–Crippen LogP) is 2.59. The third-order valence-corrected chi connectivity index (χ3v) is 10.5. The Hall–Kier alpha value is -0.960. The minimum atomic E-state index is -3.86. The molecule has 0 amide bonds. The van der Waals surface area contributed by atoms with Crippen molar-refractivity contribution in [1.29, 1.82) is 0 Å². The summed E-state index contributed by atoms with van der Waals surface area (Å²) in [6, 6.07) is -0.528. The maximum atomic E-state index is 13.9. The van der Waals surface area contributed by atoms with Crippen molar-refractivity contribution in [3.63, 3.8) is 0 Å². The van der Waals surface area contributed by atoms with E-state index in [9.17, 15) is 16.8 Å². The van der Waals surface area contributed by atoms with Gasteiger partial charge in [0.2, 0.25) is 10.0 Å². The van der Waals surface area contributed by atoms with Crippen molar-refractivity contribution in [3.05, 3.63) is 27.8 Å². The number of rotatable bonds is 5. The normalized spacial score (nSPS) is 24.9. The second kappa shape index (κ2) is 7.70. The van der Waals surface area contributed by atoms with E-state index in [1.54, 1.807) is 0 Å². The molecule has 0 N–H and O–H groups in total. The quantitative estimate of drug-likeness (QED) is 0.719. The zero-order valence-electron chi connectivity index (χ0n) is 17.4. The van der Waals surface area contributed by atoms with Crippen LogP contribution in [-0.2, 0) is 24.6 Å². The van der Waals surface area contributed by atoms with Gasteiger partial charge in [0.05, 0.1) is 22.5 Å². The largest absolute Gasteiger partial charge is 0.377 e. The second-order valence-electron chi connectivity index (χ2n) is 8.22. The van der Waals surface area contributed by atoms with E-state index in [0.29, 0.717) is 17.9 Å². The van der Waals surface area contributed by atoms with Gasteiger partial charge in [-0.1, -0.05) is 0 Å². The average molecular weight is 430 g/mol. The molecule has 0 radical (unpaired) electrons. The fourth-order valence-corrected chi connectivity index (χ4v) is 8.48. The van der Waals surface area contributed by atoms with Crippen LogP contribution in [0.2, 0.25) is 0 Å². The third-order valence-electron chi connectivity index (χ3n) is 6.52. The molecular weight excluding hydrogens is 398 g/mol. The molecule has 0 aromatic heterocycles. The van der Waals surface area contributed by atoms with Crippen LogP contribution in [-0.4, -0.2) is 57.9 Å². The molecule has 2 atom stereocenters. The molecule has 158 valence electrons. The Labute approximate surface area is 169 Å². The van der Waals surface area contributed by atoms with E-state index < -0.39 is 25.9 Å². The van der Waals surface area contributed by atoms with Crippen molar-refractivity contribution in [2.75, 3.05) is 24.7 Å². The highest BCUT2D eigenvalue weighted by atomic mass is 32.2. The molecule has 0 spiro atoms. The lowest BCUT2D eigenvalue weighted by Crippen LogP contribution is -2.45. The lowest BCUT2D eigenvalue weighted by atomic mass is 9.95. The lowest BCUT2D eigenvalue weighted by molar-refractivity contribution is 0.0876. The minimum absolute atomic E-state index is 0.0408. The number of sulfone groups is 1. The molecule has 28 heavy (non-hydrogen) atoms. The van der Waals surface area contributed by atoms with Gasteiger partial charge in [0, 0.05) is 19.2 Å². The highest BCUT2D eigenvalue weighted by Crippen LogP contribution is 2.34. The van der Waals surface area contributed by atoms with Gasteiger partial charge in [-0.25, -0.2) is 16.8 Å². The first kappa shape index (κ1) is 21.7. The van der Waals surface area contributed by atoms with Gasteiger partial charge in [-0.3, -0.25) is 0 Å². The summed E-state index contributed by atoms with van der Waals surface area (Å²) in [4.78, 5) is 0.329. The summed E-state index contributed by atoms with van der Waals surface area (Å²) in [5.74, 6) is -0.0694. The average Bonchev–Trinajstić information content (AvgIpc) is 3.25. The summed E-state index contributed by atoms with van der Waals surface area (Å²) in [5, 5.41) is 0. The Morgan fingerprint density at radius 3 is 2.00 bits per heavy atom. The number of ether oxygens (including phenoxy) is 1. The SMILES string of the molecule is Cc1c(C)c(C)c(S(=O)(=O)N(C[C@@H]2CCCO2)[C@@H]2CCS(=O)(=O)C2)c(C)c1C. The monoisotopic (exact) mass is 429 g/mol. The summed E-state index contributed by atoms with van der Waals surface area (Å²) in [6.45, 7) is 10.4. The van der Waals surface area contributed by atoms with Crippen LogP contribution < -0.4 is 0 Å². The van der Waals surface area contributed by atoms with Gasteiger partial charge < -0.3 is 4.74 Å². The van der Waals surface area contributed by atoms with E-state index in [4.69, 9.17) is 4.74 Å². The summed E-state index contributed by atoms with van der Waals surface area (Å²) in [5.41, 5.74) is 4.54. The van der Waals surface area contributed by atoms with E-state index in [1.807, 2.05) is 34.6 Å². The number of sulfonamides is 1. The Kier molecular flexibility index (Phi) is 5.98. The summed E-state index contributed by atoms with van der Waals surface area (Å²) >= 11 is 0. The third kappa shape index (κ3) is 3.88. The van der Waals surface area contributed by atoms with Gasteiger partial charge in [0.25, 0.3) is 0 Å². The summed E-state index contributed by atoms with van der Waals surface area (Å²) in [7, 11) is -7.06. The highest BCUT2D eigenvalue weighted by Gasteiger charge is 2.41. The Morgan fingerprint density at radius 2 is 1.54 bits per heavy atom. The van der Waals surface area contributed by atoms with Crippen molar-refractivity contribution < 1.29 is 21.6 Å². The van der Waals surface area contributed by atoms with Crippen LogP contribution in [0.5, 0.6) is 0 Å². The molecule has 2 saturated heterocycles. The van der Waals surface area contributed by atoms with Gasteiger partial charge >= 0.3 is 0 Å². The number of hydrogen-bond acceptors (Lipinski definition) is 5. The molecule has 1 aromatic rings. The van der Waals surface area contributed by atoms with Crippen molar-refractivity contribution in [2.45, 2.75) is 70.9 Å². The highest BCUT2D eigenvalue weighted by molar-refractivity contribution is 7.92. The minimum Gasteiger partial charge on any atom is -0.377 e. The van der Waals surface area contributed by atoms with Crippen LogP contribution in [0.1, 0.15) is 47.1 Å². The maximum Gasteiger partial charge on any atom is 0.243 e. The van der Waals surface area contributed by atoms with Crippen LogP contribution in [0.25, 0.3) is 0 Å². The smallest absolute Gasteiger partial charge is 0.243 e. The molecule has 8 heteroatoms. The fraction of sp³-hybridized carbons (Fsp3) is 0.700. The molecule has 0 aliphatic carbocycles. The molecule has 0 bridgehead atoms. The number of nitrogens with zero attached hydrogens (tertiary/aromatic N) is 1. The van der Waals surface area contributed by atoms with E-state index in [1.165, 1.54) is 4.31 Å². The van der Waals surface area contributed by atoms with E-state index in [2.05, 4.69) is 0 Å². The van der Waals surface area contributed by atoms with E-state index >= 15 is 0 Å². The summed E-state index contributed by atoms with van der Waals surface area (Å²) < 4.78 is 59.0. The van der Waals surface area contributed by atoms with Gasteiger partial charge in [0.1, 0.15) is 0 Å². The number of hydrogen-bond donors (Lipinski definition) is 0. The summed E-state index contributed by atoms with van der Waals surface area (Å²) in [6.07, 6.45) is 1.87. The molecule has 6 nitrogen and oxygen atoms in total. The van der Waals surface area contributed by atoms with Crippen molar-refractivity contribution in [3.8, 4) is 0 Å². The first-order valence-corrected chi connectivity index (χ1v) is 13.1. The Morgan fingerprint density at radius 1 is 0.964 bits per heavy atom. The zero-order valence-corrected chi connectivity index (χ0v) is 19.0. The predicted molar refractivity (Wildman–Crippen MR) is 110 cm³/mol. The molecule has 2 aliphatic heterocycles.